The molecule has 0 aliphatic carbocycles. The first-order chi connectivity index (χ1) is 12.4. The maximum absolute atomic E-state index is 12.8. The van der Waals surface area contributed by atoms with Crippen molar-refractivity contribution in [2.75, 3.05) is 7.11 Å². The molecule has 1 aromatic heterocycles. The van der Waals surface area contributed by atoms with Gasteiger partial charge in [-0.2, -0.15) is 13.2 Å². The molecular formula is C20H16F3NO2. The number of hydrogen-bond donors (Lipinski definition) is 1. The van der Waals surface area contributed by atoms with Gasteiger partial charge in [0.2, 0.25) is 0 Å². The van der Waals surface area contributed by atoms with Crippen LogP contribution in [0.3, 0.4) is 0 Å². The molecule has 1 heterocycles. The SMILES string of the molecule is COC(=O)c1ccc(Cc2ccc(-c3cccc(C(F)(F)F)c3)[nH]2)cc1. The Labute approximate surface area is 148 Å². The highest BCUT2D eigenvalue weighted by Gasteiger charge is 2.30. The van der Waals surface area contributed by atoms with Crippen molar-refractivity contribution in [2.24, 2.45) is 0 Å². The molecule has 0 aliphatic rings. The highest BCUT2D eigenvalue weighted by molar-refractivity contribution is 5.89. The summed E-state index contributed by atoms with van der Waals surface area (Å²) in [6, 6.07) is 15.8. The Bertz CT molecular complexity index is 911. The molecule has 26 heavy (non-hydrogen) atoms. The zero-order valence-electron chi connectivity index (χ0n) is 13.9. The van der Waals surface area contributed by atoms with Crippen LogP contribution in [0.25, 0.3) is 11.3 Å². The summed E-state index contributed by atoms with van der Waals surface area (Å²) >= 11 is 0. The number of H-pyrrole nitrogens is 1. The minimum absolute atomic E-state index is 0.400. The summed E-state index contributed by atoms with van der Waals surface area (Å²) in [6.45, 7) is 0. The van der Waals surface area contributed by atoms with Gasteiger partial charge in [0.15, 0.2) is 0 Å². The van der Waals surface area contributed by atoms with Crippen LogP contribution in [0.5, 0.6) is 0 Å². The van der Waals surface area contributed by atoms with Crippen molar-refractivity contribution in [3.8, 4) is 11.3 Å². The van der Waals surface area contributed by atoms with Gasteiger partial charge in [-0.3, -0.25) is 0 Å². The number of ether oxygens (including phenoxy) is 1. The van der Waals surface area contributed by atoms with E-state index < -0.39 is 17.7 Å². The maximum Gasteiger partial charge on any atom is 0.416 e. The van der Waals surface area contributed by atoms with Crippen molar-refractivity contribution in [3.05, 3.63) is 83.0 Å². The van der Waals surface area contributed by atoms with Gasteiger partial charge in [0.25, 0.3) is 0 Å². The number of aromatic amines is 1. The van der Waals surface area contributed by atoms with Gasteiger partial charge in [0.1, 0.15) is 0 Å². The lowest BCUT2D eigenvalue weighted by Crippen LogP contribution is -2.04. The monoisotopic (exact) mass is 359 g/mol. The molecule has 1 N–H and O–H groups in total. The van der Waals surface area contributed by atoms with Crippen molar-refractivity contribution >= 4 is 5.97 Å². The van der Waals surface area contributed by atoms with Crippen LogP contribution in [-0.2, 0) is 17.3 Å². The summed E-state index contributed by atoms with van der Waals surface area (Å²) in [4.78, 5) is 14.6. The Balaban J connectivity index is 1.77. The number of hydrogen-bond acceptors (Lipinski definition) is 2. The van der Waals surface area contributed by atoms with Crippen molar-refractivity contribution in [2.45, 2.75) is 12.6 Å². The number of methoxy groups -OCH3 is 1. The first-order valence-electron chi connectivity index (χ1n) is 7.89. The molecule has 0 unspecified atom stereocenters. The van der Waals surface area contributed by atoms with Crippen molar-refractivity contribution < 1.29 is 22.7 Å². The number of carbonyl (C=O) groups excluding carboxylic acids is 1. The fourth-order valence-corrected chi connectivity index (χ4v) is 2.67. The summed E-state index contributed by atoms with van der Waals surface area (Å²) < 4.78 is 43.2. The standard InChI is InChI=1S/C20H16F3NO2/c1-26-19(25)14-7-5-13(6-8-14)11-17-9-10-18(24-17)15-3-2-4-16(12-15)20(21,22)23/h2-10,12,24H,11H2,1H3. The number of nitrogens with one attached hydrogen (secondary N) is 1. The van der Waals surface area contributed by atoms with E-state index in [9.17, 15) is 18.0 Å². The van der Waals surface area contributed by atoms with Crippen LogP contribution in [0.15, 0.2) is 60.7 Å². The molecule has 3 aromatic rings. The number of esters is 1. The molecular weight excluding hydrogens is 343 g/mol. The zero-order chi connectivity index (χ0) is 18.7. The molecule has 2 aromatic carbocycles. The summed E-state index contributed by atoms with van der Waals surface area (Å²) in [7, 11) is 1.32. The van der Waals surface area contributed by atoms with E-state index >= 15 is 0 Å². The third kappa shape index (κ3) is 3.96. The first kappa shape index (κ1) is 17.8. The summed E-state index contributed by atoms with van der Waals surface area (Å²) in [5.74, 6) is -0.400. The number of aromatic nitrogens is 1. The predicted molar refractivity (Wildman–Crippen MR) is 91.8 cm³/mol. The molecule has 0 aliphatic heterocycles. The molecule has 0 atom stereocenters. The van der Waals surface area contributed by atoms with Crippen molar-refractivity contribution in [3.63, 3.8) is 0 Å². The highest BCUT2D eigenvalue weighted by Crippen LogP contribution is 2.32. The van der Waals surface area contributed by atoms with Crippen LogP contribution in [0.4, 0.5) is 13.2 Å². The van der Waals surface area contributed by atoms with E-state index in [0.717, 1.165) is 23.4 Å². The second kappa shape index (κ2) is 7.07. The summed E-state index contributed by atoms with van der Waals surface area (Å²) in [6.07, 6.45) is -3.80. The lowest BCUT2D eigenvalue weighted by atomic mass is 10.1. The first-order valence-corrected chi connectivity index (χ1v) is 7.89. The van der Waals surface area contributed by atoms with Gasteiger partial charge in [-0.1, -0.05) is 24.3 Å². The van der Waals surface area contributed by atoms with E-state index in [1.165, 1.54) is 13.2 Å². The van der Waals surface area contributed by atoms with Gasteiger partial charge in [-0.25, -0.2) is 4.79 Å². The van der Waals surface area contributed by atoms with Crippen molar-refractivity contribution in [1.82, 2.24) is 4.98 Å². The Kier molecular flexibility index (Phi) is 4.84. The molecule has 6 heteroatoms. The molecule has 0 bridgehead atoms. The minimum atomic E-state index is -4.37. The zero-order valence-corrected chi connectivity index (χ0v) is 13.9. The molecule has 3 rings (SSSR count). The van der Waals surface area contributed by atoms with Gasteiger partial charge in [-0.15, -0.1) is 0 Å². The Morgan fingerprint density at radius 3 is 2.42 bits per heavy atom. The van der Waals surface area contributed by atoms with Gasteiger partial charge in [-0.05, 0) is 47.5 Å². The topological polar surface area (TPSA) is 42.1 Å². The normalized spacial score (nSPS) is 11.4. The molecule has 0 saturated carbocycles. The van der Waals surface area contributed by atoms with E-state index in [2.05, 4.69) is 9.72 Å². The highest BCUT2D eigenvalue weighted by atomic mass is 19.4. The molecule has 134 valence electrons. The van der Waals surface area contributed by atoms with Gasteiger partial charge in [0.05, 0.1) is 18.2 Å². The lowest BCUT2D eigenvalue weighted by molar-refractivity contribution is -0.137. The quantitative estimate of drug-likeness (QED) is 0.660. The van der Waals surface area contributed by atoms with Crippen LogP contribution in [0, 0.1) is 0 Å². The van der Waals surface area contributed by atoms with Crippen molar-refractivity contribution in [1.29, 1.82) is 0 Å². The fraction of sp³-hybridized carbons (Fsp3) is 0.150. The summed E-state index contributed by atoms with van der Waals surface area (Å²) in [5, 5.41) is 0. The average Bonchev–Trinajstić information content (AvgIpc) is 3.09. The largest absolute Gasteiger partial charge is 0.465 e. The van der Waals surface area contributed by atoms with E-state index in [0.29, 0.717) is 23.2 Å². The molecule has 0 amide bonds. The smallest absolute Gasteiger partial charge is 0.416 e. The van der Waals surface area contributed by atoms with Crippen LogP contribution in [0.1, 0.15) is 27.2 Å². The van der Waals surface area contributed by atoms with Crippen LogP contribution in [0.2, 0.25) is 0 Å². The van der Waals surface area contributed by atoms with Gasteiger partial charge in [0, 0.05) is 17.8 Å². The van der Waals surface area contributed by atoms with E-state index in [1.54, 1.807) is 24.3 Å². The second-order valence-corrected chi connectivity index (χ2v) is 5.84. The van der Waals surface area contributed by atoms with Crippen LogP contribution < -0.4 is 0 Å². The number of carbonyl (C=O) groups is 1. The van der Waals surface area contributed by atoms with E-state index in [4.69, 9.17) is 0 Å². The Morgan fingerprint density at radius 1 is 1.04 bits per heavy atom. The van der Waals surface area contributed by atoms with E-state index in [1.807, 2.05) is 18.2 Å². The fourth-order valence-electron chi connectivity index (χ4n) is 2.67. The predicted octanol–water partition coefficient (Wildman–Crippen LogP) is 5.08. The van der Waals surface area contributed by atoms with Gasteiger partial charge < -0.3 is 9.72 Å². The molecule has 0 saturated heterocycles. The minimum Gasteiger partial charge on any atom is -0.465 e. The third-order valence-corrected chi connectivity index (χ3v) is 4.02. The molecule has 0 fully saturated rings. The Hall–Kier alpha value is -3.02. The molecule has 0 spiro atoms. The number of rotatable bonds is 4. The second-order valence-electron chi connectivity index (χ2n) is 5.84. The Morgan fingerprint density at radius 2 is 1.77 bits per heavy atom. The average molecular weight is 359 g/mol. The molecule has 0 radical (unpaired) electrons. The maximum atomic E-state index is 12.8. The lowest BCUT2D eigenvalue weighted by Gasteiger charge is -2.08. The van der Waals surface area contributed by atoms with Gasteiger partial charge >= 0.3 is 12.1 Å². The number of halogens is 3. The number of benzene rings is 2. The number of alkyl halides is 3. The van der Waals surface area contributed by atoms with Crippen LogP contribution >= 0.6 is 0 Å². The van der Waals surface area contributed by atoms with Crippen LogP contribution in [-0.4, -0.2) is 18.1 Å². The third-order valence-electron chi connectivity index (χ3n) is 4.02. The summed E-state index contributed by atoms with van der Waals surface area (Å²) in [5.41, 5.74) is 2.72. The molecule has 3 nitrogen and oxygen atoms in total. The van der Waals surface area contributed by atoms with E-state index in [-0.39, 0.29) is 0 Å².